The number of hydrogen-bond acceptors (Lipinski definition) is 22. The van der Waals surface area contributed by atoms with Gasteiger partial charge < -0.3 is 94.4 Å². The smallest absolute Gasteiger partial charge is 0.414 e. The van der Waals surface area contributed by atoms with Crippen molar-refractivity contribution in [2.24, 2.45) is 5.73 Å². The molecule has 2 saturated heterocycles. The van der Waals surface area contributed by atoms with Crippen molar-refractivity contribution in [2.75, 3.05) is 27.6 Å². The average molecular weight is 1690 g/mol. The molecule has 3 aromatic heterocycles. The van der Waals surface area contributed by atoms with Crippen molar-refractivity contribution in [3.05, 3.63) is 188 Å². The molecule has 11 N–H and O–H groups in total. The second-order valence-corrected chi connectivity index (χ2v) is 28.6. The Bertz CT molecular complexity index is 5050. The van der Waals surface area contributed by atoms with Crippen molar-refractivity contribution >= 4 is 63.3 Å². The monoisotopic (exact) mass is 1690 g/mol. The number of Topliss-reactive ketones (excluding diaryl/α,β-unsaturated/α-hetero) is 1. The first kappa shape index (κ1) is 92.6. The lowest BCUT2D eigenvalue weighted by Crippen LogP contribution is -2.57. The van der Waals surface area contributed by atoms with Gasteiger partial charge in [-0.15, -0.1) is 0 Å². The van der Waals surface area contributed by atoms with E-state index in [0.29, 0.717) is 49.1 Å². The predicted octanol–water partition coefficient (Wildman–Crippen LogP) is 4.62. The van der Waals surface area contributed by atoms with Crippen molar-refractivity contribution < 1.29 is 145 Å². The van der Waals surface area contributed by atoms with Crippen LogP contribution in [0.3, 0.4) is 0 Å². The summed E-state index contributed by atoms with van der Waals surface area (Å²) in [4.78, 5) is 145. The SMILES string of the molecule is CC(=O)O.COc1c(C(C)=O)n(CC(C)OC)cc(C(=O)NCc2c(F)cc(F)cc2F)c1=O.COc1c2n(cc(C(=O)NCc3c(F)cc(F)cc3F)c1=O)C[C@H]1O[C@@H]3CC[C@@H](C3)N1C2=O.CS(=O)(=O)O.N[C@H]1CC[C@@H](O)C1.O=C(NCc1c(F)cc(F)cc1F)c1cn2c(c(O)c1=O)C(=O)N1[C@H]3CC[C@H](C3)O[C@@H]1C2.O=C(O)C(=O)O. The van der Waals surface area contributed by atoms with E-state index in [4.69, 9.17) is 68.8 Å². The maximum absolute atomic E-state index is 13.9. The molecule has 5 amide bonds. The third-order valence-electron chi connectivity index (χ3n) is 18.7. The van der Waals surface area contributed by atoms with Crippen LogP contribution < -0.4 is 47.4 Å². The molecule has 7 aliphatic rings. The number of carbonyl (C=O) groups excluding carboxylic acids is 6. The summed E-state index contributed by atoms with van der Waals surface area (Å²) in [6, 6.07) is 3.17. The number of aliphatic hydroxyl groups is 1. The van der Waals surface area contributed by atoms with Gasteiger partial charge in [0.1, 0.15) is 74.7 Å². The van der Waals surface area contributed by atoms with Crippen molar-refractivity contribution in [1.29, 1.82) is 0 Å². The quantitative estimate of drug-likeness (QED) is 0.0290. The number of benzene rings is 3. The highest BCUT2D eigenvalue weighted by molar-refractivity contribution is 7.85. The van der Waals surface area contributed by atoms with Gasteiger partial charge in [0.15, 0.2) is 46.9 Å². The van der Waals surface area contributed by atoms with Gasteiger partial charge in [-0.1, -0.05) is 0 Å². The van der Waals surface area contributed by atoms with E-state index in [1.54, 1.807) is 11.8 Å². The first-order valence-electron chi connectivity index (χ1n) is 35.1. The van der Waals surface area contributed by atoms with Crippen molar-refractivity contribution in [3.63, 3.8) is 0 Å². The Morgan fingerprint density at radius 2 is 0.906 bits per heavy atom. The molecule has 636 valence electrons. The number of rotatable bonds is 15. The summed E-state index contributed by atoms with van der Waals surface area (Å²) in [7, 11) is 0.190. The van der Waals surface area contributed by atoms with Crippen molar-refractivity contribution in [3.8, 4) is 17.2 Å². The summed E-state index contributed by atoms with van der Waals surface area (Å²) in [6.07, 6.45) is 10.1. The summed E-state index contributed by atoms with van der Waals surface area (Å²) in [5.74, 6) is -20.6. The summed E-state index contributed by atoms with van der Waals surface area (Å²) in [5.41, 5.74) is -0.509. The van der Waals surface area contributed by atoms with Crippen LogP contribution in [0.4, 0.5) is 39.5 Å². The highest BCUT2D eigenvalue weighted by Gasteiger charge is 2.50. The number of ether oxygens (including phenoxy) is 5. The molecular weight excluding hydrogens is 1610 g/mol. The van der Waals surface area contributed by atoms with Crippen LogP contribution in [-0.4, -0.2) is 198 Å². The first-order chi connectivity index (χ1) is 54.8. The largest absolute Gasteiger partial charge is 0.503 e. The Kier molecular flexibility index (Phi) is 31.5. The summed E-state index contributed by atoms with van der Waals surface area (Å²) < 4.78 is 179. The molecule has 7 heterocycles. The van der Waals surface area contributed by atoms with Gasteiger partial charge in [-0.3, -0.25) is 52.5 Å². The lowest BCUT2D eigenvalue weighted by atomic mass is 10.1. The summed E-state index contributed by atoms with van der Waals surface area (Å²) in [5, 5.41) is 48.1. The van der Waals surface area contributed by atoms with E-state index in [9.17, 15) is 96.2 Å². The van der Waals surface area contributed by atoms with E-state index in [1.807, 2.05) is 0 Å². The standard InChI is InChI=1S/C22H20F3N3O5.C21H18F3N3O5.C20H21F3N2O5.C5H11NO.C2H2O4.C2H4O2.CH4O3S/c1-32-20-18-22(31)28-11-2-3-12(6-11)33-17(28)9-27(18)8-14(19(20)29)21(30)26-7-13-15(24)4-10(23)5-16(13)25;22-9-3-14(23)12(15(24)4-9)6-25-20(30)13-7-26-8-16-27(10-1-2-11(5-10)32-16)21(31)17(26)19(29)18(13)28;1-10(29-3)8-25-9-14(18(27)19(30-4)17(25)11(2)26)20(28)24-7-13-15(22)5-12(21)6-16(13)23;6-4-1-2-5(7)3-4;3-1(4)2(5)6;1-2(3)4;1-5(2,3)4/h4-5,8,11-12,17H,2-3,6-7,9H2,1H3,(H,26,30);3-4,7,10-11,16,29H,1-2,5-6,8H2,(H,25,30);5-6,9-10H,7-8H2,1-4H3,(H,24,28);4-5,7H,1-3,6H2;(H,3,4)(H,5,6);1H3,(H,3,4);1H3,(H,2,3,4)/t11-,12+,17+;10-,11+,16+;;4-,5+;;;/m00.0.../s1. The number of nitrogens with one attached hydrogen (secondary N) is 3. The van der Waals surface area contributed by atoms with Crippen LogP contribution in [0.15, 0.2) is 69.4 Å². The minimum atomic E-state index is -3.67. The molecule has 3 saturated carbocycles. The zero-order chi connectivity index (χ0) is 87.3. The molecule has 3 aliphatic carbocycles. The van der Waals surface area contributed by atoms with Gasteiger partial charge in [-0.05, 0) is 64.7 Å². The maximum Gasteiger partial charge on any atom is 0.414 e. The third-order valence-corrected chi connectivity index (χ3v) is 18.7. The van der Waals surface area contributed by atoms with Crippen LogP contribution in [0.1, 0.15) is 158 Å². The zero-order valence-corrected chi connectivity index (χ0v) is 63.9. The fourth-order valence-electron chi connectivity index (χ4n) is 13.5. The van der Waals surface area contributed by atoms with Gasteiger partial charge in [0.25, 0.3) is 45.6 Å². The van der Waals surface area contributed by atoms with E-state index in [0.717, 1.165) is 70.7 Å². The molecular formula is C73H80F9N9O25S. The van der Waals surface area contributed by atoms with E-state index in [-0.39, 0.29) is 96.3 Å². The van der Waals surface area contributed by atoms with E-state index < -0.39 is 198 Å². The minimum absolute atomic E-state index is 0.0262. The zero-order valence-electron chi connectivity index (χ0n) is 63.1. The van der Waals surface area contributed by atoms with E-state index in [1.165, 1.54) is 53.1 Å². The predicted molar refractivity (Wildman–Crippen MR) is 385 cm³/mol. The number of carbonyl (C=O) groups is 9. The molecule has 3 aromatic carbocycles. The number of nitrogens with zero attached hydrogens (tertiary/aromatic N) is 5. The number of aromatic nitrogens is 3. The molecule has 6 aromatic rings. The molecule has 34 nitrogen and oxygen atoms in total. The van der Waals surface area contributed by atoms with Crippen molar-refractivity contribution in [1.82, 2.24) is 39.5 Å². The van der Waals surface area contributed by atoms with Crippen LogP contribution in [0.2, 0.25) is 0 Å². The van der Waals surface area contributed by atoms with Gasteiger partial charge in [-0.2, -0.15) is 8.42 Å². The van der Waals surface area contributed by atoms with Crippen LogP contribution in [0.25, 0.3) is 0 Å². The molecule has 0 spiro atoms. The Morgan fingerprint density at radius 1 is 0.556 bits per heavy atom. The Labute approximate surface area is 657 Å². The fourth-order valence-corrected chi connectivity index (χ4v) is 13.5. The summed E-state index contributed by atoms with van der Waals surface area (Å²) >= 11 is 0. The van der Waals surface area contributed by atoms with Gasteiger partial charge in [0, 0.05) is 137 Å². The van der Waals surface area contributed by atoms with Crippen LogP contribution in [0.5, 0.6) is 17.2 Å². The number of hydrogen-bond donors (Lipinski definition) is 10. The molecule has 4 bridgehead atoms. The molecule has 5 fully saturated rings. The first-order valence-corrected chi connectivity index (χ1v) is 37.0. The second kappa shape index (κ2) is 39.8. The normalized spacial score (nSPS) is 19.6. The Hall–Kier alpha value is -11.6. The lowest BCUT2D eigenvalue weighted by molar-refractivity contribution is -0.159. The molecule has 0 radical (unpaired) electrons. The molecule has 13 rings (SSSR count). The van der Waals surface area contributed by atoms with Gasteiger partial charge in [-0.25, -0.2) is 49.1 Å². The number of ketones is 1. The number of amides is 5. The number of nitrogens with two attached hydrogens (primary N) is 1. The topological polar surface area (TPSA) is 490 Å². The second-order valence-electron chi connectivity index (χ2n) is 27.1. The fraction of sp³-hybridized carbons (Fsp3) is 0.425. The third kappa shape index (κ3) is 23.4. The number of aliphatic hydroxyl groups excluding tert-OH is 1. The van der Waals surface area contributed by atoms with E-state index in [2.05, 4.69) is 16.0 Å². The molecule has 4 aliphatic heterocycles. The number of halogens is 9. The van der Waals surface area contributed by atoms with Gasteiger partial charge in [0.2, 0.25) is 16.3 Å². The average Bonchev–Trinajstić information content (AvgIpc) is 1.73. The van der Waals surface area contributed by atoms with E-state index >= 15 is 0 Å². The molecule has 44 heteroatoms. The van der Waals surface area contributed by atoms with Crippen LogP contribution in [-0.2, 0) is 78.0 Å². The number of pyridine rings is 3. The number of aliphatic carboxylic acids is 3. The van der Waals surface area contributed by atoms with Gasteiger partial charge in [0.05, 0.1) is 58.0 Å². The Balaban J connectivity index is 0.000000214. The lowest BCUT2D eigenvalue weighted by Gasteiger charge is -2.44. The number of methoxy groups -OCH3 is 3. The molecule has 1 unspecified atom stereocenters. The number of carboxylic acids is 3. The van der Waals surface area contributed by atoms with Gasteiger partial charge >= 0.3 is 11.9 Å². The molecule has 117 heavy (non-hydrogen) atoms. The molecule has 9 atom stereocenters. The van der Waals surface area contributed by atoms with Crippen LogP contribution in [0, 0.1) is 52.4 Å². The number of aromatic hydroxyl groups is 1. The summed E-state index contributed by atoms with van der Waals surface area (Å²) in [6.45, 7) is 2.60. The Morgan fingerprint density at radius 3 is 1.23 bits per heavy atom. The number of fused-ring (bicyclic) bond motifs is 10. The van der Waals surface area contributed by atoms with Crippen LogP contribution >= 0.6 is 0 Å². The highest BCUT2D eigenvalue weighted by atomic mass is 32.2. The minimum Gasteiger partial charge on any atom is -0.503 e. The maximum atomic E-state index is 13.9. The highest BCUT2D eigenvalue weighted by Crippen LogP contribution is 2.41. The number of carboxylic acid groups (broad SMARTS) is 3. The van der Waals surface area contributed by atoms with Crippen molar-refractivity contribution in [2.45, 2.75) is 173 Å².